The smallest absolute Gasteiger partial charge is 0.157 e. The molecule has 1 aliphatic rings. The highest BCUT2D eigenvalue weighted by molar-refractivity contribution is 8.14. The number of aromatic nitrogens is 2. The van der Waals surface area contributed by atoms with E-state index < -0.39 is 0 Å². The lowest BCUT2D eigenvalue weighted by Crippen LogP contribution is -2.19. The molecule has 1 fully saturated rings. The molecule has 2 aromatic rings. The van der Waals surface area contributed by atoms with Crippen LogP contribution in [0.5, 0.6) is 0 Å². The molecule has 0 aliphatic carbocycles. The monoisotopic (exact) mass is 286 g/mol. The number of aliphatic imine (C=N–C) groups is 1. The van der Waals surface area contributed by atoms with Gasteiger partial charge in [0, 0.05) is 32.0 Å². The van der Waals surface area contributed by atoms with E-state index in [0.717, 1.165) is 29.6 Å². The largest absolute Gasteiger partial charge is 0.357 e. The Morgan fingerprint density at radius 2 is 2.20 bits per heavy atom. The highest BCUT2D eigenvalue weighted by atomic mass is 32.2. The van der Waals surface area contributed by atoms with E-state index in [9.17, 15) is 0 Å². The first-order chi connectivity index (χ1) is 9.81. The summed E-state index contributed by atoms with van der Waals surface area (Å²) in [5.74, 6) is 1.05. The van der Waals surface area contributed by atoms with Gasteiger partial charge in [-0.3, -0.25) is 9.67 Å². The molecule has 2 heterocycles. The van der Waals surface area contributed by atoms with Crippen molar-refractivity contribution in [3.63, 3.8) is 0 Å². The Bertz CT molecular complexity index is 591. The zero-order valence-corrected chi connectivity index (χ0v) is 12.3. The predicted octanol–water partition coefficient (Wildman–Crippen LogP) is 2.40. The van der Waals surface area contributed by atoms with Crippen molar-refractivity contribution in [3.8, 4) is 0 Å². The van der Waals surface area contributed by atoms with Gasteiger partial charge < -0.3 is 5.32 Å². The minimum atomic E-state index is 0.384. The molecular formula is C15H18N4S. The maximum Gasteiger partial charge on any atom is 0.157 e. The van der Waals surface area contributed by atoms with E-state index in [2.05, 4.69) is 39.7 Å². The fraction of sp³-hybridized carbons (Fsp3) is 0.333. The fourth-order valence-corrected chi connectivity index (χ4v) is 3.23. The average molecular weight is 286 g/mol. The summed E-state index contributed by atoms with van der Waals surface area (Å²) in [6.45, 7) is 0.786. The van der Waals surface area contributed by atoms with Gasteiger partial charge in [-0.2, -0.15) is 5.10 Å². The lowest BCUT2D eigenvalue weighted by atomic mass is 10.1. The van der Waals surface area contributed by atoms with Gasteiger partial charge in [0.15, 0.2) is 5.17 Å². The minimum Gasteiger partial charge on any atom is -0.357 e. The molecule has 104 valence electrons. The summed E-state index contributed by atoms with van der Waals surface area (Å²) in [6.07, 6.45) is 2.86. The third-order valence-corrected chi connectivity index (χ3v) is 4.30. The number of nitrogens with one attached hydrogen (secondary N) is 1. The van der Waals surface area contributed by atoms with E-state index in [-0.39, 0.29) is 0 Å². The Kier molecular flexibility index (Phi) is 4.06. The summed E-state index contributed by atoms with van der Waals surface area (Å²) in [7, 11) is 1.94. The Balaban J connectivity index is 1.53. The second-order valence-electron chi connectivity index (χ2n) is 4.84. The van der Waals surface area contributed by atoms with Crippen LogP contribution in [-0.2, 0) is 13.5 Å². The first-order valence-corrected chi connectivity index (χ1v) is 7.77. The normalized spacial score (nSPS) is 20.2. The van der Waals surface area contributed by atoms with Crippen LogP contribution in [-0.4, -0.2) is 27.2 Å². The average Bonchev–Trinajstić information content (AvgIpc) is 3.09. The number of rotatable bonds is 4. The van der Waals surface area contributed by atoms with Crippen LogP contribution < -0.4 is 5.32 Å². The van der Waals surface area contributed by atoms with Crippen molar-refractivity contribution in [2.45, 2.75) is 12.5 Å². The van der Waals surface area contributed by atoms with Crippen molar-refractivity contribution in [3.05, 3.63) is 53.9 Å². The van der Waals surface area contributed by atoms with Crippen LogP contribution in [0, 0.1) is 0 Å². The molecule has 3 rings (SSSR count). The van der Waals surface area contributed by atoms with E-state index >= 15 is 0 Å². The van der Waals surface area contributed by atoms with Crippen LogP contribution in [0.2, 0.25) is 0 Å². The van der Waals surface area contributed by atoms with Crippen LogP contribution in [0.4, 0.5) is 0 Å². The van der Waals surface area contributed by atoms with Gasteiger partial charge in [0.25, 0.3) is 0 Å². The third-order valence-electron chi connectivity index (χ3n) is 3.28. The summed E-state index contributed by atoms with van der Waals surface area (Å²) < 4.78 is 1.83. The maximum atomic E-state index is 4.62. The molecule has 1 aliphatic heterocycles. The standard InChI is InChI=1S/C15H18N4S/c1-19-10-8-13(18-19)7-9-16-15-17-14(11-20-15)12-5-3-2-4-6-12/h2-6,8,10,14H,7,9,11H2,1H3,(H,16,17). The highest BCUT2D eigenvalue weighted by Gasteiger charge is 2.21. The van der Waals surface area contributed by atoms with Crippen LogP contribution in [0.1, 0.15) is 17.3 Å². The molecule has 0 radical (unpaired) electrons. The van der Waals surface area contributed by atoms with Crippen LogP contribution in [0.3, 0.4) is 0 Å². The molecule has 1 aromatic carbocycles. The molecule has 1 atom stereocenters. The Labute approximate surface area is 123 Å². The molecule has 4 nitrogen and oxygen atoms in total. The number of hydrogen-bond donors (Lipinski definition) is 1. The number of amidine groups is 1. The molecule has 20 heavy (non-hydrogen) atoms. The zero-order chi connectivity index (χ0) is 13.8. The van der Waals surface area contributed by atoms with Crippen molar-refractivity contribution >= 4 is 16.9 Å². The van der Waals surface area contributed by atoms with Crippen molar-refractivity contribution < 1.29 is 0 Å². The molecule has 1 saturated heterocycles. The highest BCUT2D eigenvalue weighted by Crippen LogP contribution is 2.25. The molecule has 1 aromatic heterocycles. The van der Waals surface area contributed by atoms with E-state index in [1.165, 1.54) is 5.56 Å². The van der Waals surface area contributed by atoms with Gasteiger partial charge in [0.2, 0.25) is 0 Å². The second kappa shape index (κ2) is 6.13. The summed E-state index contributed by atoms with van der Waals surface area (Å²) >= 11 is 1.80. The van der Waals surface area contributed by atoms with Crippen molar-refractivity contribution in [1.29, 1.82) is 0 Å². The van der Waals surface area contributed by atoms with E-state index in [0.29, 0.717) is 6.04 Å². The van der Waals surface area contributed by atoms with E-state index in [4.69, 9.17) is 0 Å². The summed E-state index contributed by atoms with van der Waals surface area (Å²) in [5.41, 5.74) is 2.43. The molecule has 0 saturated carbocycles. The molecular weight excluding hydrogens is 268 g/mol. The third kappa shape index (κ3) is 3.22. The van der Waals surface area contributed by atoms with Gasteiger partial charge in [0.05, 0.1) is 11.7 Å². The van der Waals surface area contributed by atoms with Crippen LogP contribution in [0.25, 0.3) is 0 Å². The van der Waals surface area contributed by atoms with Crippen molar-refractivity contribution in [2.75, 3.05) is 12.3 Å². The topological polar surface area (TPSA) is 42.2 Å². The molecule has 0 bridgehead atoms. The first kappa shape index (κ1) is 13.2. The van der Waals surface area contributed by atoms with Crippen molar-refractivity contribution in [2.24, 2.45) is 12.0 Å². The quantitative estimate of drug-likeness (QED) is 0.938. The molecule has 5 heteroatoms. The van der Waals surface area contributed by atoms with Gasteiger partial charge in [-0.05, 0) is 11.6 Å². The Morgan fingerprint density at radius 3 is 2.95 bits per heavy atom. The van der Waals surface area contributed by atoms with Crippen molar-refractivity contribution in [1.82, 2.24) is 15.1 Å². The molecule has 1 unspecified atom stereocenters. The minimum absolute atomic E-state index is 0.384. The number of hydrogen-bond acceptors (Lipinski definition) is 3. The van der Waals surface area contributed by atoms with Gasteiger partial charge in [-0.15, -0.1) is 0 Å². The van der Waals surface area contributed by atoms with Gasteiger partial charge in [0.1, 0.15) is 0 Å². The van der Waals surface area contributed by atoms with Gasteiger partial charge in [-0.25, -0.2) is 0 Å². The van der Waals surface area contributed by atoms with Gasteiger partial charge in [-0.1, -0.05) is 42.1 Å². The molecule has 0 spiro atoms. The predicted molar refractivity (Wildman–Crippen MR) is 84.0 cm³/mol. The number of benzene rings is 1. The van der Waals surface area contributed by atoms with E-state index in [1.54, 1.807) is 11.8 Å². The zero-order valence-electron chi connectivity index (χ0n) is 11.5. The van der Waals surface area contributed by atoms with E-state index in [1.807, 2.05) is 30.1 Å². The Morgan fingerprint density at radius 1 is 1.35 bits per heavy atom. The number of thioether (sulfide) groups is 1. The SMILES string of the molecule is Cn1ccc(CCN=C2NC(c3ccccc3)CS2)n1. The first-order valence-electron chi connectivity index (χ1n) is 6.78. The van der Waals surface area contributed by atoms with Crippen LogP contribution >= 0.6 is 11.8 Å². The summed E-state index contributed by atoms with van der Waals surface area (Å²) in [5, 5.41) is 8.89. The molecule has 0 amide bonds. The van der Waals surface area contributed by atoms with Crippen LogP contribution in [0.15, 0.2) is 47.6 Å². The Hall–Kier alpha value is -1.75. The molecule has 1 N–H and O–H groups in total. The summed E-state index contributed by atoms with van der Waals surface area (Å²) in [4.78, 5) is 4.62. The number of nitrogens with zero attached hydrogens (tertiary/aromatic N) is 3. The maximum absolute atomic E-state index is 4.62. The van der Waals surface area contributed by atoms with Gasteiger partial charge >= 0.3 is 0 Å². The fourth-order valence-electron chi connectivity index (χ4n) is 2.22. The number of aryl methyl sites for hydroxylation is 1. The lowest BCUT2D eigenvalue weighted by molar-refractivity contribution is 0.734. The summed E-state index contributed by atoms with van der Waals surface area (Å²) in [6, 6.07) is 13.0. The second-order valence-corrected chi connectivity index (χ2v) is 5.84. The lowest BCUT2D eigenvalue weighted by Gasteiger charge is -2.09.